The van der Waals surface area contributed by atoms with E-state index in [1.54, 1.807) is 0 Å². The van der Waals surface area contributed by atoms with Crippen molar-refractivity contribution in [2.75, 3.05) is 13.6 Å². The Labute approximate surface area is 126 Å². The van der Waals surface area contributed by atoms with E-state index < -0.39 is 0 Å². The first-order valence-corrected chi connectivity index (χ1v) is 8.96. The van der Waals surface area contributed by atoms with E-state index in [0.29, 0.717) is 11.5 Å². The average molecular weight is 280 g/mol. The number of nitrogens with zero attached hydrogens (tertiary/aromatic N) is 1. The van der Waals surface area contributed by atoms with Gasteiger partial charge in [-0.3, -0.25) is 4.90 Å². The molecule has 0 bridgehead atoms. The molecule has 0 saturated heterocycles. The highest BCUT2D eigenvalue weighted by Gasteiger charge is 2.42. The Morgan fingerprint density at radius 2 is 1.80 bits per heavy atom. The second-order valence-corrected chi connectivity index (χ2v) is 7.78. The molecule has 2 nitrogen and oxygen atoms in total. The van der Waals surface area contributed by atoms with E-state index in [2.05, 4.69) is 45.0 Å². The molecule has 2 rings (SSSR count). The molecular weight excluding hydrogens is 244 g/mol. The summed E-state index contributed by atoms with van der Waals surface area (Å²) in [6.07, 6.45) is 9.67. The Morgan fingerprint density at radius 3 is 2.30 bits per heavy atom. The van der Waals surface area contributed by atoms with Crippen molar-refractivity contribution in [3.63, 3.8) is 0 Å². The summed E-state index contributed by atoms with van der Waals surface area (Å²) in [6, 6.07) is 2.39. The molecule has 2 saturated carbocycles. The third-order valence-corrected chi connectivity index (χ3v) is 6.13. The molecule has 0 aromatic carbocycles. The summed E-state index contributed by atoms with van der Waals surface area (Å²) in [7, 11) is 2.17. The highest BCUT2D eigenvalue weighted by molar-refractivity contribution is 4.98. The molecule has 0 aromatic heterocycles. The molecule has 0 aromatic rings. The van der Waals surface area contributed by atoms with Crippen LogP contribution in [-0.4, -0.2) is 36.6 Å². The van der Waals surface area contributed by atoms with Crippen LogP contribution >= 0.6 is 0 Å². The molecule has 2 aliphatic rings. The minimum atomic E-state index is 0.512. The molecule has 0 radical (unpaired) electrons. The average Bonchev–Trinajstić information content (AvgIpc) is 3.28. The summed E-state index contributed by atoms with van der Waals surface area (Å²) in [4.78, 5) is 2.86. The van der Waals surface area contributed by atoms with Crippen LogP contribution in [0.3, 0.4) is 0 Å². The van der Waals surface area contributed by atoms with Crippen molar-refractivity contribution in [2.24, 2.45) is 11.3 Å². The third-order valence-electron chi connectivity index (χ3n) is 6.13. The fourth-order valence-corrected chi connectivity index (χ4v) is 4.13. The number of hydrogen-bond acceptors (Lipinski definition) is 2. The van der Waals surface area contributed by atoms with Gasteiger partial charge in [0.15, 0.2) is 0 Å². The van der Waals surface area contributed by atoms with E-state index in [1.807, 2.05) is 0 Å². The van der Waals surface area contributed by atoms with Crippen LogP contribution in [-0.2, 0) is 0 Å². The number of rotatable bonds is 7. The minimum Gasteiger partial charge on any atom is -0.315 e. The number of nitrogens with one attached hydrogen (secondary N) is 1. The van der Waals surface area contributed by atoms with E-state index in [1.165, 1.54) is 51.5 Å². The lowest BCUT2D eigenvalue weighted by Crippen LogP contribution is -2.54. The standard InChI is InChI=1S/C18H36N2/c1-6-12-20(15-9-10-15)17-13-14(18(3,4)7-2)8-11-16(17)19-5/h14-17,19H,6-13H2,1-5H3. The summed E-state index contributed by atoms with van der Waals surface area (Å²) in [6.45, 7) is 11.0. The van der Waals surface area contributed by atoms with E-state index >= 15 is 0 Å². The zero-order valence-electron chi connectivity index (χ0n) is 14.4. The van der Waals surface area contributed by atoms with Gasteiger partial charge in [-0.1, -0.05) is 34.1 Å². The van der Waals surface area contributed by atoms with Crippen molar-refractivity contribution in [3.05, 3.63) is 0 Å². The molecular formula is C18H36N2. The first kappa shape index (κ1) is 16.3. The van der Waals surface area contributed by atoms with E-state index in [0.717, 1.165) is 18.0 Å². The molecule has 1 N–H and O–H groups in total. The second kappa shape index (κ2) is 6.79. The molecule has 3 unspecified atom stereocenters. The summed E-state index contributed by atoms with van der Waals surface area (Å²) in [5.41, 5.74) is 0.512. The number of hydrogen-bond donors (Lipinski definition) is 1. The molecule has 118 valence electrons. The van der Waals surface area contributed by atoms with Gasteiger partial charge in [0.25, 0.3) is 0 Å². The lowest BCUT2D eigenvalue weighted by Gasteiger charge is -2.47. The Balaban J connectivity index is 2.08. The maximum Gasteiger partial charge on any atom is 0.0254 e. The van der Waals surface area contributed by atoms with Crippen molar-refractivity contribution < 1.29 is 0 Å². The Kier molecular flexibility index (Phi) is 5.53. The van der Waals surface area contributed by atoms with Gasteiger partial charge in [-0.05, 0) is 63.5 Å². The van der Waals surface area contributed by atoms with Crippen molar-refractivity contribution in [2.45, 2.75) is 90.8 Å². The van der Waals surface area contributed by atoms with Gasteiger partial charge in [0.2, 0.25) is 0 Å². The SMILES string of the molecule is CCCN(C1CC1)C1CC(C(C)(C)CC)CCC1NC. The monoisotopic (exact) mass is 280 g/mol. The van der Waals surface area contributed by atoms with E-state index in [9.17, 15) is 0 Å². The van der Waals surface area contributed by atoms with Crippen molar-refractivity contribution >= 4 is 0 Å². The molecule has 0 spiro atoms. The molecule has 0 aliphatic heterocycles. The lowest BCUT2D eigenvalue weighted by atomic mass is 9.67. The van der Waals surface area contributed by atoms with E-state index in [4.69, 9.17) is 0 Å². The smallest absolute Gasteiger partial charge is 0.0254 e. The molecule has 2 heteroatoms. The maximum atomic E-state index is 3.62. The summed E-state index contributed by atoms with van der Waals surface area (Å²) in [5.74, 6) is 0.903. The molecule has 2 aliphatic carbocycles. The second-order valence-electron chi connectivity index (χ2n) is 7.78. The highest BCUT2D eigenvalue weighted by atomic mass is 15.2. The van der Waals surface area contributed by atoms with Gasteiger partial charge < -0.3 is 5.32 Å². The quantitative estimate of drug-likeness (QED) is 0.757. The first-order valence-electron chi connectivity index (χ1n) is 8.96. The number of likely N-dealkylation sites (N-methyl/N-ethyl adjacent to an activating group) is 1. The fraction of sp³-hybridized carbons (Fsp3) is 1.00. The predicted octanol–water partition coefficient (Wildman–Crippen LogP) is 4.05. The van der Waals surface area contributed by atoms with Crippen molar-refractivity contribution in [1.29, 1.82) is 0 Å². The van der Waals surface area contributed by atoms with Gasteiger partial charge >= 0.3 is 0 Å². The van der Waals surface area contributed by atoms with Gasteiger partial charge in [-0.25, -0.2) is 0 Å². The molecule has 20 heavy (non-hydrogen) atoms. The maximum absolute atomic E-state index is 3.62. The topological polar surface area (TPSA) is 15.3 Å². The highest BCUT2D eigenvalue weighted by Crippen LogP contribution is 2.43. The van der Waals surface area contributed by atoms with Crippen LogP contribution in [0.1, 0.15) is 72.6 Å². The lowest BCUT2D eigenvalue weighted by molar-refractivity contribution is 0.0473. The van der Waals surface area contributed by atoms with Crippen LogP contribution < -0.4 is 5.32 Å². The normalized spacial score (nSPS) is 31.8. The predicted molar refractivity (Wildman–Crippen MR) is 88.1 cm³/mol. The Bertz CT molecular complexity index is 296. The molecule has 0 heterocycles. The summed E-state index contributed by atoms with van der Waals surface area (Å²) >= 11 is 0. The van der Waals surface area contributed by atoms with Gasteiger partial charge in [0.05, 0.1) is 0 Å². The van der Waals surface area contributed by atoms with Gasteiger partial charge in [-0.15, -0.1) is 0 Å². The van der Waals surface area contributed by atoms with Crippen LogP contribution in [0.2, 0.25) is 0 Å². The van der Waals surface area contributed by atoms with Crippen molar-refractivity contribution in [3.8, 4) is 0 Å². The zero-order valence-corrected chi connectivity index (χ0v) is 14.4. The fourth-order valence-electron chi connectivity index (χ4n) is 4.13. The molecule has 2 fully saturated rings. The minimum absolute atomic E-state index is 0.512. The van der Waals surface area contributed by atoms with E-state index in [-0.39, 0.29) is 0 Å². The van der Waals surface area contributed by atoms with Crippen LogP contribution in [0.15, 0.2) is 0 Å². The van der Waals surface area contributed by atoms with Crippen molar-refractivity contribution in [1.82, 2.24) is 10.2 Å². The Hall–Kier alpha value is -0.0800. The van der Waals surface area contributed by atoms with Crippen LogP contribution in [0.4, 0.5) is 0 Å². The third kappa shape index (κ3) is 3.57. The Morgan fingerprint density at radius 1 is 1.10 bits per heavy atom. The summed E-state index contributed by atoms with van der Waals surface area (Å²) in [5, 5.41) is 3.62. The van der Waals surface area contributed by atoms with Crippen LogP contribution in [0.5, 0.6) is 0 Å². The van der Waals surface area contributed by atoms with Crippen LogP contribution in [0.25, 0.3) is 0 Å². The zero-order chi connectivity index (χ0) is 14.8. The van der Waals surface area contributed by atoms with Gasteiger partial charge in [0.1, 0.15) is 0 Å². The summed E-state index contributed by atoms with van der Waals surface area (Å²) < 4.78 is 0. The first-order chi connectivity index (χ1) is 9.53. The largest absolute Gasteiger partial charge is 0.315 e. The van der Waals surface area contributed by atoms with Crippen LogP contribution in [0, 0.1) is 11.3 Å². The molecule has 0 amide bonds. The molecule has 3 atom stereocenters. The van der Waals surface area contributed by atoms with Gasteiger partial charge in [-0.2, -0.15) is 0 Å². The van der Waals surface area contributed by atoms with Gasteiger partial charge in [0, 0.05) is 18.1 Å².